The topological polar surface area (TPSA) is 32.3 Å². The lowest BCUT2D eigenvalue weighted by Crippen LogP contribution is -2.29. The van der Waals surface area contributed by atoms with E-state index in [0.29, 0.717) is 0 Å². The third-order valence-electron chi connectivity index (χ3n) is 4.72. The van der Waals surface area contributed by atoms with Gasteiger partial charge in [0.1, 0.15) is 0 Å². The molecule has 146 valence electrons. The molecular weight excluding hydrogens is 372 g/mol. The van der Waals surface area contributed by atoms with Gasteiger partial charge >= 0.3 is 0 Å². The average molecular weight is 403 g/mol. The SMILES string of the molecule is CN(C)Cc1ccnc(C(S)SCc2cc(CN3CCCCC3)ccn2)c1. The van der Waals surface area contributed by atoms with Crippen LogP contribution in [0.4, 0.5) is 0 Å². The first-order chi connectivity index (χ1) is 13.1. The summed E-state index contributed by atoms with van der Waals surface area (Å²) in [6.45, 7) is 4.40. The number of piperidine rings is 1. The van der Waals surface area contributed by atoms with E-state index in [4.69, 9.17) is 12.6 Å². The molecule has 0 aromatic carbocycles. The van der Waals surface area contributed by atoms with Crippen molar-refractivity contribution < 1.29 is 0 Å². The number of hydrogen-bond acceptors (Lipinski definition) is 6. The van der Waals surface area contributed by atoms with Crippen molar-refractivity contribution in [2.75, 3.05) is 27.2 Å². The molecule has 6 heteroatoms. The standard InChI is InChI=1S/C21H30N4S2/c1-24(2)14-18-7-9-23-20(13-18)21(26)27-16-19-12-17(6-8-22-19)15-25-10-4-3-5-11-25/h6-9,12-13,21,26H,3-5,10-11,14-16H2,1-2H3. The summed E-state index contributed by atoms with van der Waals surface area (Å²) in [6.07, 6.45) is 7.86. The lowest BCUT2D eigenvalue weighted by molar-refractivity contribution is 0.221. The first-order valence-electron chi connectivity index (χ1n) is 9.65. The molecular formula is C21H30N4S2. The van der Waals surface area contributed by atoms with Gasteiger partial charge in [0.05, 0.1) is 16.0 Å². The summed E-state index contributed by atoms with van der Waals surface area (Å²) >= 11 is 6.55. The van der Waals surface area contributed by atoms with Gasteiger partial charge < -0.3 is 4.90 Å². The highest BCUT2D eigenvalue weighted by Crippen LogP contribution is 2.33. The molecule has 1 saturated heterocycles. The largest absolute Gasteiger partial charge is 0.305 e. The van der Waals surface area contributed by atoms with Gasteiger partial charge in [-0.25, -0.2) is 0 Å². The minimum atomic E-state index is 0.0552. The monoisotopic (exact) mass is 402 g/mol. The third-order valence-corrected chi connectivity index (χ3v) is 6.45. The van der Waals surface area contributed by atoms with Crippen molar-refractivity contribution in [1.82, 2.24) is 19.8 Å². The molecule has 0 radical (unpaired) electrons. The number of thioether (sulfide) groups is 1. The van der Waals surface area contributed by atoms with Crippen molar-refractivity contribution in [2.45, 2.75) is 42.7 Å². The lowest BCUT2D eigenvalue weighted by Gasteiger charge is -2.26. The third kappa shape index (κ3) is 6.79. The van der Waals surface area contributed by atoms with Crippen LogP contribution in [0.15, 0.2) is 36.7 Å². The van der Waals surface area contributed by atoms with E-state index in [-0.39, 0.29) is 4.58 Å². The maximum Gasteiger partial charge on any atom is 0.0897 e. The lowest BCUT2D eigenvalue weighted by atomic mass is 10.1. The van der Waals surface area contributed by atoms with Crippen molar-refractivity contribution in [3.8, 4) is 0 Å². The van der Waals surface area contributed by atoms with Gasteiger partial charge in [-0.05, 0) is 75.4 Å². The molecule has 1 aliphatic heterocycles. The molecule has 3 rings (SSSR count). The van der Waals surface area contributed by atoms with Crippen molar-refractivity contribution >= 4 is 24.4 Å². The van der Waals surface area contributed by atoms with Crippen LogP contribution in [0.25, 0.3) is 0 Å². The summed E-state index contributed by atoms with van der Waals surface area (Å²) in [5, 5.41) is 0. The molecule has 0 saturated carbocycles. The first kappa shape index (κ1) is 20.6. The Bertz CT molecular complexity index is 717. The summed E-state index contributed by atoms with van der Waals surface area (Å²) in [7, 11) is 4.16. The van der Waals surface area contributed by atoms with Crippen LogP contribution in [0.5, 0.6) is 0 Å². The van der Waals surface area contributed by atoms with E-state index in [1.165, 1.54) is 43.5 Å². The van der Waals surface area contributed by atoms with Gasteiger partial charge in [0.2, 0.25) is 0 Å². The fourth-order valence-electron chi connectivity index (χ4n) is 3.42. The zero-order valence-electron chi connectivity index (χ0n) is 16.3. The number of aromatic nitrogens is 2. The molecule has 27 heavy (non-hydrogen) atoms. The molecule has 2 aromatic rings. The Morgan fingerprint density at radius 3 is 2.59 bits per heavy atom. The molecule has 2 aromatic heterocycles. The molecule has 0 amide bonds. The highest BCUT2D eigenvalue weighted by molar-refractivity contribution is 8.09. The molecule has 1 atom stereocenters. The summed E-state index contributed by atoms with van der Waals surface area (Å²) < 4.78 is 0.0552. The minimum Gasteiger partial charge on any atom is -0.305 e. The Labute approximate surface area is 173 Å². The normalized spacial score (nSPS) is 16.6. The second-order valence-electron chi connectivity index (χ2n) is 7.48. The maximum atomic E-state index is 4.77. The van der Waals surface area contributed by atoms with Crippen LogP contribution in [0.1, 0.15) is 46.4 Å². The van der Waals surface area contributed by atoms with Gasteiger partial charge in [-0.15, -0.1) is 11.8 Å². The van der Waals surface area contributed by atoms with E-state index in [9.17, 15) is 0 Å². The predicted molar refractivity (Wildman–Crippen MR) is 118 cm³/mol. The quantitative estimate of drug-likeness (QED) is 0.523. The Hall–Kier alpha value is -1.08. The van der Waals surface area contributed by atoms with Crippen LogP contribution in [0.2, 0.25) is 0 Å². The fourth-order valence-corrected chi connectivity index (χ4v) is 4.57. The molecule has 4 nitrogen and oxygen atoms in total. The van der Waals surface area contributed by atoms with Crippen LogP contribution >= 0.6 is 24.4 Å². The Morgan fingerprint density at radius 1 is 1.07 bits per heavy atom. The summed E-state index contributed by atoms with van der Waals surface area (Å²) in [5.41, 5.74) is 4.78. The van der Waals surface area contributed by atoms with Gasteiger partial charge in [0, 0.05) is 31.2 Å². The zero-order chi connectivity index (χ0) is 19.1. The molecule has 1 unspecified atom stereocenters. The number of rotatable bonds is 8. The van der Waals surface area contributed by atoms with E-state index < -0.39 is 0 Å². The van der Waals surface area contributed by atoms with E-state index in [2.05, 4.69) is 58.1 Å². The second-order valence-corrected chi connectivity index (χ2v) is 9.44. The van der Waals surface area contributed by atoms with E-state index in [1.807, 2.05) is 12.4 Å². The van der Waals surface area contributed by atoms with Gasteiger partial charge in [-0.3, -0.25) is 14.9 Å². The first-order valence-corrected chi connectivity index (χ1v) is 11.2. The highest BCUT2D eigenvalue weighted by atomic mass is 32.2. The van der Waals surface area contributed by atoms with Gasteiger partial charge in [0.15, 0.2) is 0 Å². The van der Waals surface area contributed by atoms with Gasteiger partial charge in [0.25, 0.3) is 0 Å². The smallest absolute Gasteiger partial charge is 0.0897 e. The van der Waals surface area contributed by atoms with Gasteiger partial charge in [-0.1, -0.05) is 6.42 Å². The number of hydrogen-bond donors (Lipinski definition) is 1. The second kappa shape index (κ2) is 10.5. The molecule has 1 fully saturated rings. The van der Waals surface area contributed by atoms with Crippen LogP contribution in [0.3, 0.4) is 0 Å². The molecule has 0 aliphatic carbocycles. The number of likely N-dealkylation sites (tertiary alicyclic amines) is 1. The zero-order valence-corrected chi connectivity index (χ0v) is 18.1. The summed E-state index contributed by atoms with van der Waals surface area (Å²) in [4.78, 5) is 13.8. The van der Waals surface area contributed by atoms with Crippen LogP contribution in [-0.4, -0.2) is 47.0 Å². The average Bonchev–Trinajstić information content (AvgIpc) is 2.67. The Balaban J connectivity index is 1.55. The van der Waals surface area contributed by atoms with Crippen molar-refractivity contribution in [2.24, 2.45) is 0 Å². The maximum absolute atomic E-state index is 4.77. The van der Waals surface area contributed by atoms with Gasteiger partial charge in [-0.2, -0.15) is 12.6 Å². The summed E-state index contributed by atoms with van der Waals surface area (Å²) in [6, 6.07) is 8.62. The van der Waals surface area contributed by atoms with Crippen LogP contribution < -0.4 is 0 Å². The fraction of sp³-hybridized carbons (Fsp3) is 0.524. The predicted octanol–water partition coefficient (Wildman–Crippen LogP) is 4.39. The molecule has 0 spiro atoms. The van der Waals surface area contributed by atoms with E-state index in [0.717, 1.165) is 30.2 Å². The highest BCUT2D eigenvalue weighted by Gasteiger charge is 2.13. The molecule has 0 N–H and O–H groups in total. The Morgan fingerprint density at radius 2 is 1.81 bits per heavy atom. The number of pyridine rings is 2. The molecule has 0 bridgehead atoms. The van der Waals surface area contributed by atoms with Crippen molar-refractivity contribution in [3.05, 3.63) is 59.2 Å². The van der Waals surface area contributed by atoms with Crippen molar-refractivity contribution in [1.29, 1.82) is 0 Å². The molecule has 3 heterocycles. The van der Waals surface area contributed by atoms with Crippen LogP contribution in [-0.2, 0) is 18.8 Å². The molecule has 1 aliphatic rings. The van der Waals surface area contributed by atoms with Crippen LogP contribution in [0, 0.1) is 0 Å². The number of thiol groups is 1. The van der Waals surface area contributed by atoms with Crippen molar-refractivity contribution in [3.63, 3.8) is 0 Å². The van der Waals surface area contributed by atoms with E-state index in [1.54, 1.807) is 11.8 Å². The Kier molecular flexibility index (Phi) is 8.00. The summed E-state index contributed by atoms with van der Waals surface area (Å²) in [5.74, 6) is 0.849. The number of nitrogens with zero attached hydrogens (tertiary/aromatic N) is 4. The van der Waals surface area contributed by atoms with E-state index >= 15 is 0 Å². The minimum absolute atomic E-state index is 0.0552.